The van der Waals surface area contributed by atoms with E-state index in [2.05, 4.69) is 26.0 Å². The van der Waals surface area contributed by atoms with Crippen molar-refractivity contribution in [1.29, 1.82) is 0 Å². The summed E-state index contributed by atoms with van der Waals surface area (Å²) in [5, 5.41) is 0. The minimum absolute atomic E-state index is 0.0292. The molecule has 0 radical (unpaired) electrons. The van der Waals surface area contributed by atoms with Crippen LogP contribution >= 0.6 is 0 Å². The van der Waals surface area contributed by atoms with Gasteiger partial charge >= 0.3 is 0 Å². The number of hydrogen-bond donors (Lipinski definition) is 0. The summed E-state index contributed by atoms with van der Waals surface area (Å²) in [7, 11) is 0. The first-order valence-corrected chi connectivity index (χ1v) is 9.14. The maximum atomic E-state index is 12.7. The molecule has 0 fully saturated rings. The summed E-state index contributed by atoms with van der Waals surface area (Å²) in [6.45, 7) is 10.1. The van der Waals surface area contributed by atoms with Gasteiger partial charge in [0.05, 0.1) is 0 Å². The molecule has 2 aromatic rings. The second-order valence-electron chi connectivity index (χ2n) is 7.22. The van der Waals surface area contributed by atoms with Crippen molar-refractivity contribution in [2.24, 2.45) is 5.92 Å². The molecule has 0 aliphatic heterocycles. The van der Waals surface area contributed by atoms with Crippen LogP contribution in [0.4, 0.5) is 0 Å². The number of benzene rings is 2. The normalized spacial score (nSPS) is 13.6. The number of ketones is 1. The fraction of sp³-hybridized carbons (Fsp3) is 0.333. The quantitative estimate of drug-likeness (QED) is 0.367. The molecule has 0 amide bonds. The molecule has 0 N–H and O–H groups in total. The van der Waals surface area contributed by atoms with E-state index in [1.165, 1.54) is 16.7 Å². The van der Waals surface area contributed by atoms with E-state index < -0.39 is 0 Å². The van der Waals surface area contributed by atoms with Crippen molar-refractivity contribution in [3.05, 3.63) is 81.9 Å². The first kappa shape index (κ1) is 19.8. The first-order valence-electron chi connectivity index (χ1n) is 9.14. The second kappa shape index (κ2) is 8.75. The highest BCUT2D eigenvalue weighted by molar-refractivity contribution is 6.06. The summed E-state index contributed by atoms with van der Waals surface area (Å²) < 4.78 is 0. The van der Waals surface area contributed by atoms with Gasteiger partial charge in [0.15, 0.2) is 5.78 Å². The van der Waals surface area contributed by atoms with Crippen LogP contribution in [0.1, 0.15) is 57.4 Å². The highest BCUT2D eigenvalue weighted by Crippen LogP contribution is 2.30. The van der Waals surface area contributed by atoms with Crippen LogP contribution in [0.5, 0.6) is 0 Å². The molecule has 136 valence electrons. The summed E-state index contributed by atoms with van der Waals surface area (Å²) in [5.41, 5.74) is 6.31. The Bertz CT molecular complexity index is 807. The van der Waals surface area contributed by atoms with Gasteiger partial charge in [-0.1, -0.05) is 55.0 Å². The van der Waals surface area contributed by atoms with Gasteiger partial charge in [-0.2, -0.15) is 0 Å². The second-order valence-corrected chi connectivity index (χ2v) is 7.22. The third-order valence-electron chi connectivity index (χ3n) is 5.05. The Kier molecular flexibility index (Phi) is 6.68. The number of allylic oxidation sites excluding steroid dienone is 2. The summed E-state index contributed by atoms with van der Waals surface area (Å²) in [5.74, 6) is 0.204. The number of hydrogen-bond acceptors (Lipinski definition) is 2. The Balaban J connectivity index is 2.26. The Morgan fingerprint density at radius 2 is 1.62 bits per heavy atom. The van der Waals surface area contributed by atoms with Gasteiger partial charge in [-0.05, 0) is 67.9 Å². The van der Waals surface area contributed by atoms with Gasteiger partial charge in [0.25, 0.3) is 0 Å². The summed E-state index contributed by atoms with van der Waals surface area (Å²) in [4.78, 5) is 23.9. The summed E-state index contributed by atoms with van der Waals surface area (Å²) >= 11 is 0. The number of aryl methyl sites for hydroxylation is 4. The molecule has 2 nitrogen and oxygen atoms in total. The van der Waals surface area contributed by atoms with Crippen molar-refractivity contribution >= 4 is 12.1 Å². The van der Waals surface area contributed by atoms with Crippen LogP contribution in [0.2, 0.25) is 0 Å². The van der Waals surface area contributed by atoms with Crippen molar-refractivity contribution in [2.75, 3.05) is 0 Å². The highest BCUT2D eigenvalue weighted by Gasteiger charge is 2.19. The summed E-state index contributed by atoms with van der Waals surface area (Å²) in [6, 6.07) is 12.2. The van der Waals surface area contributed by atoms with Gasteiger partial charge in [-0.3, -0.25) is 4.79 Å². The maximum absolute atomic E-state index is 12.7. The van der Waals surface area contributed by atoms with Crippen LogP contribution in [0.15, 0.2) is 48.6 Å². The van der Waals surface area contributed by atoms with Crippen molar-refractivity contribution < 1.29 is 9.59 Å². The fourth-order valence-corrected chi connectivity index (χ4v) is 3.76. The zero-order chi connectivity index (χ0) is 19.3. The van der Waals surface area contributed by atoms with Crippen molar-refractivity contribution in [1.82, 2.24) is 0 Å². The van der Waals surface area contributed by atoms with Gasteiger partial charge in [-0.15, -0.1) is 0 Å². The van der Waals surface area contributed by atoms with E-state index in [-0.39, 0.29) is 17.6 Å². The average molecular weight is 348 g/mol. The molecular weight excluding hydrogens is 320 g/mol. The van der Waals surface area contributed by atoms with Crippen molar-refractivity contribution in [3.63, 3.8) is 0 Å². The average Bonchev–Trinajstić information content (AvgIpc) is 2.57. The van der Waals surface area contributed by atoms with E-state index in [9.17, 15) is 9.59 Å². The lowest BCUT2D eigenvalue weighted by molar-refractivity contribution is -0.108. The fourth-order valence-electron chi connectivity index (χ4n) is 3.76. The molecule has 2 aromatic carbocycles. The Morgan fingerprint density at radius 3 is 2.19 bits per heavy atom. The first-order chi connectivity index (χ1) is 12.3. The van der Waals surface area contributed by atoms with E-state index in [1.807, 2.05) is 51.1 Å². The van der Waals surface area contributed by atoms with E-state index >= 15 is 0 Å². The number of carbonyl (C=O) groups excluding carboxylic acids is 2. The molecule has 0 bridgehead atoms. The van der Waals surface area contributed by atoms with Crippen LogP contribution in [0.3, 0.4) is 0 Å². The zero-order valence-electron chi connectivity index (χ0n) is 16.4. The number of rotatable bonds is 7. The number of carbonyl (C=O) groups is 2. The maximum Gasteiger partial charge on any atom is 0.186 e. The molecule has 0 saturated carbocycles. The molecule has 0 aromatic heterocycles. The van der Waals surface area contributed by atoms with Crippen LogP contribution in [0, 0.1) is 33.6 Å². The smallest absolute Gasteiger partial charge is 0.186 e. The molecule has 2 unspecified atom stereocenters. The molecule has 0 spiro atoms. The van der Waals surface area contributed by atoms with Crippen LogP contribution < -0.4 is 0 Å². The standard InChI is InChI=1S/C24H28O2/c1-16-14-19(4)24(20(5)15-16)23(26)11-10-18(3)22(12-13-25)21-9-7-6-8-17(21)2/h6-11,13-15,18,22H,12H2,1-5H3/b11-10+. The molecule has 26 heavy (non-hydrogen) atoms. The molecule has 2 rings (SSSR count). The predicted octanol–water partition coefficient (Wildman–Crippen LogP) is 5.67. The Hall–Kier alpha value is -2.48. The van der Waals surface area contributed by atoms with E-state index in [0.29, 0.717) is 6.42 Å². The highest BCUT2D eigenvalue weighted by atomic mass is 16.1. The molecule has 0 aliphatic rings. The largest absolute Gasteiger partial charge is 0.303 e. The predicted molar refractivity (Wildman–Crippen MR) is 108 cm³/mol. The zero-order valence-corrected chi connectivity index (χ0v) is 16.4. The van der Waals surface area contributed by atoms with Gasteiger partial charge in [-0.25, -0.2) is 0 Å². The number of aldehydes is 1. The van der Waals surface area contributed by atoms with Crippen molar-refractivity contribution in [2.45, 2.75) is 47.0 Å². The SMILES string of the molecule is Cc1cc(C)c(C(=O)/C=C/C(C)C(CC=O)c2ccccc2C)c(C)c1. The Morgan fingerprint density at radius 1 is 1.00 bits per heavy atom. The van der Waals surface area contributed by atoms with E-state index in [1.54, 1.807) is 6.08 Å². The lowest BCUT2D eigenvalue weighted by Gasteiger charge is -2.22. The topological polar surface area (TPSA) is 34.1 Å². The van der Waals surface area contributed by atoms with Gasteiger partial charge in [0.1, 0.15) is 6.29 Å². The molecule has 2 heteroatoms. The summed E-state index contributed by atoms with van der Waals surface area (Å²) in [6.07, 6.45) is 5.04. The molecule has 0 aliphatic carbocycles. The molecular formula is C24H28O2. The van der Waals surface area contributed by atoms with Gasteiger partial charge < -0.3 is 4.79 Å². The third-order valence-corrected chi connectivity index (χ3v) is 5.05. The van der Waals surface area contributed by atoms with E-state index in [0.717, 1.165) is 23.0 Å². The monoisotopic (exact) mass is 348 g/mol. The van der Waals surface area contributed by atoms with Gasteiger partial charge in [0, 0.05) is 12.0 Å². The Labute approximate surface area is 157 Å². The minimum atomic E-state index is 0.0292. The van der Waals surface area contributed by atoms with Crippen molar-refractivity contribution in [3.8, 4) is 0 Å². The molecule has 0 saturated heterocycles. The van der Waals surface area contributed by atoms with E-state index in [4.69, 9.17) is 0 Å². The minimum Gasteiger partial charge on any atom is -0.303 e. The van der Waals surface area contributed by atoms with Crippen LogP contribution in [-0.4, -0.2) is 12.1 Å². The molecule has 0 heterocycles. The van der Waals surface area contributed by atoms with Crippen LogP contribution in [-0.2, 0) is 4.79 Å². The van der Waals surface area contributed by atoms with Crippen LogP contribution in [0.25, 0.3) is 0 Å². The lowest BCUT2D eigenvalue weighted by Crippen LogP contribution is -2.11. The van der Waals surface area contributed by atoms with Gasteiger partial charge in [0.2, 0.25) is 0 Å². The lowest BCUT2D eigenvalue weighted by atomic mass is 9.82. The third kappa shape index (κ3) is 4.57. The molecule has 2 atom stereocenters.